The van der Waals surface area contributed by atoms with E-state index >= 15 is 0 Å². The van der Waals surface area contributed by atoms with Gasteiger partial charge in [0.2, 0.25) is 0 Å². The van der Waals surface area contributed by atoms with Crippen molar-refractivity contribution in [3.8, 4) is 5.75 Å². The van der Waals surface area contributed by atoms with Gasteiger partial charge in [-0.1, -0.05) is 25.1 Å². The third kappa shape index (κ3) is 3.48. The predicted octanol–water partition coefficient (Wildman–Crippen LogP) is 2.21. The third-order valence-corrected chi connectivity index (χ3v) is 3.25. The van der Waals surface area contributed by atoms with E-state index in [2.05, 4.69) is 12.2 Å². The van der Waals surface area contributed by atoms with Crippen molar-refractivity contribution in [2.45, 2.75) is 19.5 Å². The van der Waals surface area contributed by atoms with E-state index in [1.165, 1.54) is 0 Å². The fraction of sp³-hybridized carbons (Fsp3) is 0.312. The highest BCUT2D eigenvalue weighted by Gasteiger charge is 2.11. The Morgan fingerprint density at radius 3 is 2.55 bits per heavy atom. The number of nitrogens with zero attached hydrogens (tertiary/aromatic N) is 1. The van der Waals surface area contributed by atoms with Crippen LogP contribution in [0, 0.1) is 0 Å². The Morgan fingerprint density at radius 2 is 1.95 bits per heavy atom. The molecule has 0 saturated heterocycles. The molecule has 1 atom stereocenters. The molecule has 2 rings (SSSR count). The molecule has 4 heteroatoms. The number of likely N-dealkylation sites (N-methyl/N-ethyl adjacent to an activating group) is 1. The molecular formula is C16H20N2O2. The van der Waals surface area contributed by atoms with Crippen molar-refractivity contribution in [1.29, 1.82) is 0 Å². The minimum atomic E-state index is 0.0175. The minimum Gasteiger partial charge on any atom is -0.497 e. The van der Waals surface area contributed by atoms with E-state index in [1.54, 1.807) is 23.8 Å². The highest BCUT2D eigenvalue weighted by Crippen LogP contribution is 2.18. The second-order valence-corrected chi connectivity index (χ2v) is 4.57. The van der Waals surface area contributed by atoms with Crippen LogP contribution in [0.4, 0.5) is 0 Å². The molecule has 20 heavy (non-hydrogen) atoms. The summed E-state index contributed by atoms with van der Waals surface area (Å²) in [5, 5.41) is 3.41. The van der Waals surface area contributed by atoms with Gasteiger partial charge in [0.25, 0.3) is 5.56 Å². The number of benzene rings is 1. The second-order valence-electron chi connectivity index (χ2n) is 4.57. The van der Waals surface area contributed by atoms with E-state index in [-0.39, 0.29) is 11.6 Å². The molecule has 0 amide bonds. The Labute approximate surface area is 119 Å². The Morgan fingerprint density at radius 1 is 1.20 bits per heavy atom. The van der Waals surface area contributed by atoms with Gasteiger partial charge in [-0.2, -0.15) is 0 Å². The molecule has 106 valence electrons. The lowest BCUT2D eigenvalue weighted by atomic mass is 10.1. The summed E-state index contributed by atoms with van der Waals surface area (Å²) in [6, 6.07) is 13.2. The van der Waals surface area contributed by atoms with Gasteiger partial charge >= 0.3 is 0 Å². The molecule has 0 aliphatic heterocycles. The van der Waals surface area contributed by atoms with Crippen LogP contribution in [0.1, 0.15) is 18.5 Å². The standard InChI is InChI=1S/C16H20N2O2/c1-3-17-15(12-18-11-5-4-6-16(18)19)13-7-9-14(20-2)10-8-13/h4-11,15,17H,3,12H2,1-2H3. The van der Waals surface area contributed by atoms with Crippen molar-refractivity contribution in [3.05, 3.63) is 64.6 Å². The summed E-state index contributed by atoms with van der Waals surface area (Å²) in [5.74, 6) is 0.834. The smallest absolute Gasteiger partial charge is 0.250 e. The van der Waals surface area contributed by atoms with Crippen LogP contribution >= 0.6 is 0 Å². The first kappa shape index (κ1) is 14.3. The molecule has 0 fully saturated rings. The lowest BCUT2D eigenvalue weighted by Gasteiger charge is -2.19. The van der Waals surface area contributed by atoms with Crippen molar-refractivity contribution < 1.29 is 4.74 Å². The number of hydrogen-bond donors (Lipinski definition) is 1. The van der Waals surface area contributed by atoms with Gasteiger partial charge in [-0.15, -0.1) is 0 Å². The molecule has 1 aromatic heterocycles. The molecule has 0 saturated carbocycles. The normalized spacial score (nSPS) is 12.1. The topological polar surface area (TPSA) is 43.3 Å². The van der Waals surface area contributed by atoms with E-state index in [0.29, 0.717) is 6.54 Å². The largest absolute Gasteiger partial charge is 0.497 e. The molecule has 0 bridgehead atoms. The molecule has 1 unspecified atom stereocenters. The van der Waals surface area contributed by atoms with Gasteiger partial charge in [-0.05, 0) is 30.3 Å². The number of nitrogens with one attached hydrogen (secondary N) is 1. The number of aromatic nitrogens is 1. The van der Waals surface area contributed by atoms with Gasteiger partial charge in [-0.25, -0.2) is 0 Å². The summed E-state index contributed by atoms with van der Waals surface area (Å²) in [7, 11) is 1.65. The summed E-state index contributed by atoms with van der Waals surface area (Å²) in [6.45, 7) is 3.52. The number of pyridine rings is 1. The first-order valence-electron chi connectivity index (χ1n) is 6.77. The number of hydrogen-bond acceptors (Lipinski definition) is 3. The van der Waals surface area contributed by atoms with Crippen LogP contribution < -0.4 is 15.6 Å². The fourth-order valence-electron chi connectivity index (χ4n) is 2.18. The highest BCUT2D eigenvalue weighted by molar-refractivity contribution is 5.29. The zero-order valence-corrected chi connectivity index (χ0v) is 11.9. The van der Waals surface area contributed by atoms with Gasteiger partial charge in [0.05, 0.1) is 13.2 Å². The van der Waals surface area contributed by atoms with Crippen LogP contribution in [-0.4, -0.2) is 18.2 Å². The van der Waals surface area contributed by atoms with Crippen LogP contribution in [0.2, 0.25) is 0 Å². The van der Waals surface area contributed by atoms with E-state index in [0.717, 1.165) is 17.9 Å². The Hall–Kier alpha value is -2.07. The summed E-state index contributed by atoms with van der Waals surface area (Å²) in [4.78, 5) is 11.8. The molecule has 0 spiro atoms. The average molecular weight is 272 g/mol. The lowest BCUT2D eigenvalue weighted by Crippen LogP contribution is -2.29. The monoisotopic (exact) mass is 272 g/mol. The van der Waals surface area contributed by atoms with Gasteiger partial charge < -0.3 is 14.6 Å². The highest BCUT2D eigenvalue weighted by atomic mass is 16.5. The maximum absolute atomic E-state index is 11.8. The summed E-state index contributed by atoms with van der Waals surface area (Å²) in [5.41, 5.74) is 1.16. The van der Waals surface area contributed by atoms with E-state index in [9.17, 15) is 4.79 Å². The van der Waals surface area contributed by atoms with Crippen molar-refractivity contribution in [3.63, 3.8) is 0 Å². The first-order valence-corrected chi connectivity index (χ1v) is 6.77. The Bertz CT molecular complexity index is 590. The lowest BCUT2D eigenvalue weighted by molar-refractivity contribution is 0.413. The van der Waals surface area contributed by atoms with Gasteiger partial charge in [0.15, 0.2) is 0 Å². The molecule has 0 radical (unpaired) electrons. The Balaban J connectivity index is 2.22. The molecule has 2 aromatic rings. The predicted molar refractivity (Wildman–Crippen MR) is 80.1 cm³/mol. The Kier molecular flexibility index (Phi) is 4.96. The molecule has 1 N–H and O–H groups in total. The SMILES string of the molecule is CCNC(Cn1ccccc1=O)c1ccc(OC)cc1. The second kappa shape index (κ2) is 6.91. The van der Waals surface area contributed by atoms with Crippen molar-refractivity contribution in [2.75, 3.05) is 13.7 Å². The maximum atomic E-state index is 11.8. The number of rotatable bonds is 6. The average Bonchev–Trinajstić information content (AvgIpc) is 2.49. The molecule has 4 nitrogen and oxygen atoms in total. The zero-order chi connectivity index (χ0) is 14.4. The van der Waals surface area contributed by atoms with Crippen LogP contribution in [0.5, 0.6) is 5.75 Å². The quantitative estimate of drug-likeness (QED) is 0.876. The maximum Gasteiger partial charge on any atom is 0.250 e. The van der Waals surface area contributed by atoms with Crippen molar-refractivity contribution in [2.24, 2.45) is 0 Å². The molecule has 0 aliphatic carbocycles. The molecular weight excluding hydrogens is 252 g/mol. The van der Waals surface area contributed by atoms with Crippen LogP contribution in [0.15, 0.2) is 53.5 Å². The van der Waals surface area contributed by atoms with Gasteiger partial charge in [-0.3, -0.25) is 4.79 Å². The summed E-state index contributed by atoms with van der Waals surface area (Å²) < 4.78 is 6.89. The van der Waals surface area contributed by atoms with E-state index in [1.807, 2.05) is 36.5 Å². The van der Waals surface area contributed by atoms with Gasteiger partial charge in [0.1, 0.15) is 5.75 Å². The van der Waals surface area contributed by atoms with Crippen LogP contribution in [0.25, 0.3) is 0 Å². The van der Waals surface area contributed by atoms with Gasteiger partial charge in [0, 0.05) is 18.8 Å². The fourth-order valence-corrected chi connectivity index (χ4v) is 2.18. The summed E-state index contributed by atoms with van der Waals surface area (Å²) in [6.07, 6.45) is 1.82. The van der Waals surface area contributed by atoms with Crippen molar-refractivity contribution >= 4 is 0 Å². The number of ether oxygens (including phenoxy) is 1. The van der Waals surface area contributed by atoms with Crippen LogP contribution in [-0.2, 0) is 6.54 Å². The van der Waals surface area contributed by atoms with Crippen molar-refractivity contribution in [1.82, 2.24) is 9.88 Å². The van der Waals surface area contributed by atoms with E-state index in [4.69, 9.17) is 4.74 Å². The first-order chi connectivity index (χ1) is 9.74. The molecule has 1 aromatic carbocycles. The number of methoxy groups -OCH3 is 1. The zero-order valence-electron chi connectivity index (χ0n) is 11.9. The summed E-state index contributed by atoms with van der Waals surface area (Å²) >= 11 is 0. The molecule has 1 heterocycles. The third-order valence-electron chi connectivity index (χ3n) is 3.25. The van der Waals surface area contributed by atoms with E-state index < -0.39 is 0 Å². The van der Waals surface area contributed by atoms with Crippen LogP contribution in [0.3, 0.4) is 0 Å². The minimum absolute atomic E-state index is 0.0175. The molecule has 0 aliphatic rings.